The van der Waals surface area contributed by atoms with Gasteiger partial charge in [0.05, 0.1) is 4.90 Å². The maximum atomic E-state index is 13.1. The van der Waals surface area contributed by atoms with Gasteiger partial charge in [0, 0.05) is 24.2 Å². The van der Waals surface area contributed by atoms with Crippen molar-refractivity contribution in [3.63, 3.8) is 0 Å². The van der Waals surface area contributed by atoms with E-state index in [1.165, 1.54) is 34.1 Å². The van der Waals surface area contributed by atoms with Crippen molar-refractivity contribution in [2.75, 3.05) is 11.9 Å². The Morgan fingerprint density at radius 1 is 0.943 bits per heavy atom. The first-order valence-corrected chi connectivity index (χ1v) is 12.6. The van der Waals surface area contributed by atoms with Gasteiger partial charge in [-0.25, -0.2) is 8.42 Å². The number of hydrogen-bond donors (Lipinski definition) is 1. The van der Waals surface area contributed by atoms with Crippen LogP contribution in [0.15, 0.2) is 76.0 Å². The molecule has 0 saturated heterocycles. The average Bonchev–Trinajstić information content (AvgIpc) is 3.34. The normalized spacial score (nSPS) is 13.9. The number of carbonyl (C=O) groups is 1. The molecule has 0 spiro atoms. The van der Waals surface area contributed by atoms with Crippen LogP contribution >= 0.6 is 0 Å². The van der Waals surface area contributed by atoms with Gasteiger partial charge in [0.2, 0.25) is 15.9 Å². The van der Waals surface area contributed by atoms with E-state index in [4.69, 9.17) is 4.42 Å². The molecule has 178 valence electrons. The van der Waals surface area contributed by atoms with Crippen molar-refractivity contribution in [2.45, 2.75) is 31.7 Å². The summed E-state index contributed by atoms with van der Waals surface area (Å²) in [5, 5.41) is 10.5. The van der Waals surface area contributed by atoms with Gasteiger partial charge in [0.1, 0.15) is 0 Å². The largest absolute Gasteiger partial charge is 0.403 e. The van der Waals surface area contributed by atoms with Crippen LogP contribution in [0.3, 0.4) is 0 Å². The van der Waals surface area contributed by atoms with Crippen LogP contribution < -0.4 is 5.32 Å². The van der Waals surface area contributed by atoms with Gasteiger partial charge >= 0.3 is 6.01 Å². The molecule has 35 heavy (non-hydrogen) atoms. The Morgan fingerprint density at radius 3 is 2.43 bits per heavy atom. The van der Waals surface area contributed by atoms with Crippen molar-refractivity contribution < 1.29 is 17.6 Å². The van der Waals surface area contributed by atoms with Crippen LogP contribution in [0.1, 0.15) is 32.6 Å². The lowest BCUT2D eigenvalue weighted by Crippen LogP contribution is -2.35. The maximum absolute atomic E-state index is 13.1. The van der Waals surface area contributed by atoms with Crippen LogP contribution in [0.2, 0.25) is 0 Å². The molecule has 0 radical (unpaired) electrons. The Morgan fingerprint density at radius 2 is 1.69 bits per heavy atom. The fraction of sp³-hybridized carbons (Fsp3) is 0.192. The fourth-order valence-corrected chi connectivity index (χ4v) is 5.46. The Hall–Kier alpha value is -3.82. The van der Waals surface area contributed by atoms with Gasteiger partial charge in [-0.1, -0.05) is 35.4 Å². The van der Waals surface area contributed by atoms with Crippen molar-refractivity contribution in [2.24, 2.45) is 0 Å². The maximum Gasteiger partial charge on any atom is 0.322 e. The zero-order chi connectivity index (χ0) is 24.6. The third-order valence-corrected chi connectivity index (χ3v) is 8.11. The van der Waals surface area contributed by atoms with E-state index in [2.05, 4.69) is 15.5 Å². The number of benzene rings is 3. The first-order valence-electron chi connectivity index (χ1n) is 11.2. The van der Waals surface area contributed by atoms with Crippen LogP contribution in [0.5, 0.6) is 0 Å². The predicted octanol–water partition coefficient (Wildman–Crippen LogP) is 4.35. The lowest BCUT2D eigenvalue weighted by atomic mass is 10.0. The molecule has 0 fully saturated rings. The highest BCUT2D eigenvalue weighted by molar-refractivity contribution is 7.89. The molecule has 1 amide bonds. The monoisotopic (exact) mass is 488 g/mol. The van der Waals surface area contributed by atoms with Gasteiger partial charge in [-0.15, -0.1) is 5.10 Å². The molecule has 1 aromatic heterocycles. The fourth-order valence-electron chi connectivity index (χ4n) is 4.04. The number of sulfonamides is 1. The molecule has 0 aliphatic carbocycles. The molecule has 3 aromatic carbocycles. The minimum Gasteiger partial charge on any atom is -0.403 e. The second-order valence-corrected chi connectivity index (χ2v) is 10.5. The van der Waals surface area contributed by atoms with Crippen LogP contribution in [-0.4, -0.2) is 35.4 Å². The number of anilines is 1. The van der Waals surface area contributed by atoms with E-state index >= 15 is 0 Å². The van der Waals surface area contributed by atoms with Crippen molar-refractivity contribution >= 4 is 21.9 Å². The summed E-state index contributed by atoms with van der Waals surface area (Å²) in [4.78, 5) is 12.8. The highest BCUT2D eigenvalue weighted by Gasteiger charge is 2.28. The van der Waals surface area contributed by atoms with E-state index in [9.17, 15) is 13.2 Å². The summed E-state index contributed by atoms with van der Waals surface area (Å²) in [5.41, 5.74) is 5.47. The van der Waals surface area contributed by atoms with Gasteiger partial charge in [0.15, 0.2) is 0 Å². The molecule has 0 saturated carbocycles. The summed E-state index contributed by atoms with van der Waals surface area (Å²) in [6.45, 7) is 4.76. The van der Waals surface area contributed by atoms with Crippen LogP contribution in [0, 0.1) is 13.8 Å². The highest BCUT2D eigenvalue weighted by Crippen LogP contribution is 2.26. The summed E-state index contributed by atoms with van der Waals surface area (Å²) < 4.78 is 33.3. The second kappa shape index (κ2) is 9.09. The standard InChI is InChI=1S/C26H24N4O4S/c1-17-7-8-21(15-18(17)2)25-28-29-26(34-25)27-24(31)20-9-11-23(12-10-20)35(32,33)30-14-13-19-5-3-4-6-22(19)16-30/h3-12,15H,13-14,16H2,1-2H3,(H,27,29,31). The Bertz CT molecular complexity index is 1510. The van der Waals surface area contributed by atoms with E-state index in [0.717, 1.165) is 22.3 Å². The third kappa shape index (κ3) is 4.60. The molecular formula is C26H24N4O4S. The van der Waals surface area contributed by atoms with Crippen molar-refractivity contribution in [3.8, 4) is 11.5 Å². The number of amides is 1. The van der Waals surface area contributed by atoms with Gasteiger partial charge in [-0.2, -0.15) is 4.31 Å². The van der Waals surface area contributed by atoms with Gasteiger partial charge in [-0.3, -0.25) is 10.1 Å². The summed E-state index contributed by atoms with van der Waals surface area (Å²) in [5.74, 6) is -0.177. The molecule has 8 nitrogen and oxygen atoms in total. The summed E-state index contributed by atoms with van der Waals surface area (Å²) in [7, 11) is -3.68. The molecule has 1 aliphatic rings. The summed E-state index contributed by atoms with van der Waals surface area (Å²) in [6, 6.07) is 19.4. The SMILES string of the molecule is Cc1ccc(-c2nnc(NC(=O)c3ccc(S(=O)(=O)N4CCc5ccccc5C4)cc3)o2)cc1C. The zero-order valence-electron chi connectivity index (χ0n) is 19.4. The summed E-state index contributed by atoms with van der Waals surface area (Å²) in [6.07, 6.45) is 0.671. The summed E-state index contributed by atoms with van der Waals surface area (Å²) >= 11 is 0. The minimum absolute atomic E-state index is 0.0353. The molecule has 4 aromatic rings. The van der Waals surface area contributed by atoms with Crippen LogP contribution in [-0.2, 0) is 23.0 Å². The molecule has 2 heterocycles. The molecule has 0 unspecified atom stereocenters. The number of aryl methyl sites for hydroxylation is 2. The second-order valence-electron chi connectivity index (χ2n) is 8.55. The van der Waals surface area contributed by atoms with Gasteiger partial charge < -0.3 is 4.42 Å². The van der Waals surface area contributed by atoms with Crippen molar-refractivity contribution in [3.05, 3.63) is 94.5 Å². The van der Waals surface area contributed by atoms with Crippen molar-refractivity contribution in [1.82, 2.24) is 14.5 Å². The smallest absolute Gasteiger partial charge is 0.322 e. The Balaban J connectivity index is 1.28. The van der Waals surface area contributed by atoms with Gasteiger partial charge in [0.25, 0.3) is 5.91 Å². The highest BCUT2D eigenvalue weighted by atomic mass is 32.2. The zero-order valence-corrected chi connectivity index (χ0v) is 20.2. The van der Waals surface area contributed by atoms with E-state index in [1.54, 1.807) is 0 Å². The van der Waals surface area contributed by atoms with Crippen LogP contribution in [0.25, 0.3) is 11.5 Å². The lowest BCUT2D eigenvalue weighted by molar-refractivity contribution is 0.102. The first kappa shape index (κ1) is 22.9. The van der Waals surface area contributed by atoms with E-state index in [-0.39, 0.29) is 16.5 Å². The number of fused-ring (bicyclic) bond motifs is 1. The number of rotatable bonds is 5. The van der Waals surface area contributed by atoms with E-state index in [0.29, 0.717) is 25.4 Å². The quantitative estimate of drug-likeness (QED) is 0.448. The number of carbonyl (C=O) groups excluding carboxylic acids is 1. The Kier molecular flexibility index (Phi) is 5.96. The molecule has 0 bridgehead atoms. The lowest BCUT2D eigenvalue weighted by Gasteiger charge is -2.28. The molecule has 1 N–H and O–H groups in total. The van der Waals surface area contributed by atoms with Crippen molar-refractivity contribution in [1.29, 1.82) is 0 Å². The number of nitrogens with zero attached hydrogens (tertiary/aromatic N) is 3. The Labute approximate surface area is 203 Å². The van der Waals surface area contributed by atoms with Gasteiger partial charge in [-0.05, 0) is 78.9 Å². The molecule has 1 aliphatic heterocycles. The van der Waals surface area contributed by atoms with Crippen LogP contribution in [0.4, 0.5) is 6.01 Å². The van der Waals surface area contributed by atoms with E-state index < -0.39 is 15.9 Å². The molecular weight excluding hydrogens is 464 g/mol. The number of hydrogen-bond acceptors (Lipinski definition) is 6. The van der Waals surface area contributed by atoms with E-state index in [1.807, 2.05) is 56.3 Å². The molecule has 0 atom stereocenters. The molecule has 5 rings (SSSR count). The first-order chi connectivity index (χ1) is 16.8. The minimum atomic E-state index is -3.68. The topological polar surface area (TPSA) is 105 Å². The average molecular weight is 489 g/mol. The third-order valence-electron chi connectivity index (χ3n) is 6.25. The predicted molar refractivity (Wildman–Crippen MR) is 131 cm³/mol. The number of aromatic nitrogens is 2. The number of nitrogens with one attached hydrogen (secondary N) is 1. The molecule has 9 heteroatoms.